The SMILES string of the molecule is COc1ccc(C2=CC=CC3C2CCC3[Si](C)(C)N2CNCNC2)cc1. The van der Waals surface area contributed by atoms with Gasteiger partial charge in [-0.3, -0.25) is 15.2 Å². The van der Waals surface area contributed by atoms with Crippen LogP contribution in [-0.4, -0.2) is 39.9 Å². The fraction of sp³-hybridized carbons (Fsp3) is 0.524. The van der Waals surface area contributed by atoms with Crippen LogP contribution in [0.1, 0.15) is 18.4 Å². The van der Waals surface area contributed by atoms with Gasteiger partial charge in [-0.25, -0.2) is 0 Å². The molecule has 2 fully saturated rings. The van der Waals surface area contributed by atoms with E-state index in [1.54, 1.807) is 7.11 Å². The summed E-state index contributed by atoms with van der Waals surface area (Å²) in [5.41, 5.74) is 3.68. The van der Waals surface area contributed by atoms with Gasteiger partial charge >= 0.3 is 0 Å². The van der Waals surface area contributed by atoms with Crippen LogP contribution in [0.2, 0.25) is 18.6 Å². The first-order valence-corrected chi connectivity index (χ1v) is 12.8. The lowest BCUT2D eigenvalue weighted by atomic mass is 9.81. The van der Waals surface area contributed by atoms with Crippen LogP contribution in [0.15, 0.2) is 42.5 Å². The van der Waals surface area contributed by atoms with Crippen molar-refractivity contribution < 1.29 is 4.74 Å². The van der Waals surface area contributed by atoms with Crippen LogP contribution < -0.4 is 15.4 Å². The molecule has 140 valence electrons. The summed E-state index contributed by atoms with van der Waals surface area (Å²) in [7, 11) is 0.215. The standard InChI is InChI=1S/C21H31N3OSi/c1-25-17-9-7-16(8-10-17)18-5-4-6-20-19(18)11-12-21(20)26(2,3)24-14-22-13-23-15-24/h4-10,19-23H,11-15H2,1-3H3. The highest BCUT2D eigenvalue weighted by atomic mass is 28.3. The van der Waals surface area contributed by atoms with Crippen LogP contribution in [-0.2, 0) is 0 Å². The minimum absolute atomic E-state index is 0.663. The highest BCUT2D eigenvalue weighted by molar-refractivity contribution is 6.76. The number of rotatable bonds is 4. The first kappa shape index (κ1) is 18.0. The molecule has 1 heterocycles. The summed E-state index contributed by atoms with van der Waals surface area (Å²) >= 11 is 0. The normalized spacial score (nSPS) is 29.3. The van der Waals surface area contributed by atoms with Crippen molar-refractivity contribution in [2.45, 2.75) is 31.5 Å². The summed E-state index contributed by atoms with van der Waals surface area (Å²) in [6, 6.07) is 8.60. The number of hydrogen-bond donors (Lipinski definition) is 2. The zero-order valence-electron chi connectivity index (χ0n) is 16.2. The Labute approximate surface area is 158 Å². The average molecular weight is 370 g/mol. The fourth-order valence-electron chi connectivity index (χ4n) is 5.15. The molecular weight excluding hydrogens is 338 g/mol. The zero-order chi connectivity index (χ0) is 18.1. The number of allylic oxidation sites excluding steroid dienone is 4. The van der Waals surface area contributed by atoms with Gasteiger partial charge in [0.05, 0.1) is 7.11 Å². The van der Waals surface area contributed by atoms with Crippen LogP contribution in [0, 0.1) is 11.8 Å². The van der Waals surface area contributed by atoms with Gasteiger partial charge in [0.25, 0.3) is 0 Å². The molecule has 5 heteroatoms. The molecule has 1 aliphatic heterocycles. The van der Waals surface area contributed by atoms with Crippen molar-refractivity contribution in [3.63, 3.8) is 0 Å². The minimum atomic E-state index is -1.51. The first-order chi connectivity index (χ1) is 12.6. The van der Waals surface area contributed by atoms with Crippen LogP contribution in [0.25, 0.3) is 5.57 Å². The Balaban J connectivity index is 1.55. The van der Waals surface area contributed by atoms with Crippen molar-refractivity contribution >= 4 is 13.8 Å². The summed E-state index contributed by atoms with van der Waals surface area (Å²) in [5.74, 6) is 2.27. The van der Waals surface area contributed by atoms with E-state index in [9.17, 15) is 0 Å². The van der Waals surface area contributed by atoms with Gasteiger partial charge in [0.15, 0.2) is 0 Å². The maximum absolute atomic E-state index is 5.33. The van der Waals surface area contributed by atoms with E-state index in [1.807, 2.05) is 0 Å². The lowest BCUT2D eigenvalue weighted by Crippen LogP contribution is -2.63. The Morgan fingerprint density at radius 1 is 1.08 bits per heavy atom. The maximum atomic E-state index is 5.33. The van der Waals surface area contributed by atoms with Gasteiger partial charge < -0.3 is 4.74 Å². The Hall–Kier alpha value is -1.40. The van der Waals surface area contributed by atoms with E-state index in [2.05, 4.69) is 70.8 Å². The van der Waals surface area contributed by atoms with Gasteiger partial charge in [-0.1, -0.05) is 49.9 Å². The van der Waals surface area contributed by atoms with Crippen molar-refractivity contribution in [3.05, 3.63) is 48.1 Å². The first-order valence-electron chi connectivity index (χ1n) is 9.80. The lowest BCUT2D eigenvalue weighted by Gasteiger charge is -2.45. The molecule has 2 N–H and O–H groups in total. The molecule has 0 bridgehead atoms. The van der Waals surface area contributed by atoms with Crippen molar-refractivity contribution in [2.75, 3.05) is 27.1 Å². The van der Waals surface area contributed by atoms with Gasteiger partial charge in [0.1, 0.15) is 14.0 Å². The summed E-state index contributed by atoms with van der Waals surface area (Å²) < 4.78 is 8.02. The molecule has 0 radical (unpaired) electrons. The Morgan fingerprint density at radius 3 is 2.50 bits per heavy atom. The van der Waals surface area contributed by atoms with E-state index in [0.29, 0.717) is 11.8 Å². The third-order valence-electron chi connectivity index (χ3n) is 6.73. The molecule has 0 spiro atoms. The molecule has 1 saturated heterocycles. The van der Waals surface area contributed by atoms with Gasteiger partial charge in [-0.05, 0) is 47.1 Å². The lowest BCUT2D eigenvalue weighted by molar-refractivity contribution is 0.283. The molecule has 0 amide bonds. The molecule has 26 heavy (non-hydrogen) atoms. The second-order valence-corrected chi connectivity index (χ2v) is 13.0. The van der Waals surface area contributed by atoms with Gasteiger partial charge in [0.2, 0.25) is 0 Å². The van der Waals surface area contributed by atoms with E-state index in [-0.39, 0.29) is 0 Å². The zero-order valence-corrected chi connectivity index (χ0v) is 17.2. The predicted molar refractivity (Wildman–Crippen MR) is 110 cm³/mol. The van der Waals surface area contributed by atoms with E-state index >= 15 is 0 Å². The van der Waals surface area contributed by atoms with Crippen LogP contribution >= 0.6 is 0 Å². The highest BCUT2D eigenvalue weighted by Crippen LogP contribution is 2.54. The smallest absolute Gasteiger partial charge is 0.128 e. The summed E-state index contributed by atoms with van der Waals surface area (Å²) in [6.45, 7) is 8.12. The monoisotopic (exact) mass is 369 g/mol. The molecule has 0 aromatic heterocycles. The van der Waals surface area contributed by atoms with Gasteiger partial charge in [-0.15, -0.1) is 0 Å². The summed E-state index contributed by atoms with van der Waals surface area (Å²) in [6.07, 6.45) is 9.79. The second kappa shape index (κ2) is 7.31. The molecule has 1 saturated carbocycles. The maximum Gasteiger partial charge on any atom is 0.128 e. The largest absolute Gasteiger partial charge is 0.497 e. The Bertz CT molecular complexity index is 692. The molecule has 4 rings (SSSR count). The molecular formula is C21H31N3OSi. The number of benzene rings is 1. The van der Waals surface area contributed by atoms with E-state index < -0.39 is 8.24 Å². The third kappa shape index (κ3) is 3.18. The minimum Gasteiger partial charge on any atom is -0.497 e. The van der Waals surface area contributed by atoms with E-state index in [4.69, 9.17) is 4.74 Å². The van der Waals surface area contributed by atoms with Crippen LogP contribution in [0.4, 0.5) is 0 Å². The Morgan fingerprint density at radius 2 is 1.81 bits per heavy atom. The molecule has 2 aliphatic carbocycles. The predicted octanol–water partition coefficient (Wildman–Crippen LogP) is 3.62. The average Bonchev–Trinajstić information content (AvgIpc) is 3.14. The summed E-state index contributed by atoms with van der Waals surface area (Å²) in [5, 5.41) is 6.98. The van der Waals surface area contributed by atoms with Gasteiger partial charge in [0, 0.05) is 20.0 Å². The molecule has 3 atom stereocenters. The quantitative estimate of drug-likeness (QED) is 0.795. The molecule has 4 nitrogen and oxygen atoms in total. The highest BCUT2D eigenvalue weighted by Gasteiger charge is 2.48. The van der Waals surface area contributed by atoms with Crippen molar-refractivity contribution in [1.29, 1.82) is 0 Å². The molecule has 1 aromatic carbocycles. The third-order valence-corrected chi connectivity index (χ3v) is 11.2. The number of fused-ring (bicyclic) bond motifs is 1. The van der Waals surface area contributed by atoms with Crippen molar-refractivity contribution in [3.8, 4) is 5.75 Å². The molecule has 3 aliphatic rings. The number of hydrogen-bond acceptors (Lipinski definition) is 4. The van der Waals surface area contributed by atoms with E-state index in [1.165, 1.54) is 24.0 Å². The number of ether oxygens (including phenoxy) is 1. The molecule has 1 aromatic rings. The fourth-order valence-corrected chi connectivity index (χ4v) is 8.82. The van der Waals surface area contributed by atoms with Gasteiger partial charge in [-0.2, -0.15) is 0 Å². The van der Waals surface area contributed by atoms with Crippen molar-refractivity contribution in [2.24, 2.45) is 11.8 Å². The summed E-state index contributed by atoms with van der Waals surface area (Å²) in [4.78, 5) is 0. The molecule has 3 unspecified atom stereocenters. The Kier molecular flexibility index (Phi) is 5.06. The van der Waals surface area contributed by atoms with E-state index in [0.717, 1.165) is 31.3 Å². The number of methoxy groups -OCH3 is 1. The van der Waals surface area contributed by atoms with Crippen LogP contribution in [0.3, 0.4) is 0 Å². The van der Waals surface area contributed by atoms with Crippen LogP contribution in [0.5, 0.6) is 5.75 Å². The second-order valence-electron chi connectivity index (χ2n) is 8.29. The number of nitrogens with one attached hydrogen (secondary N) is 2. The van der Waals surface area contributed by atoms with Crippen molar-refractivity contribution in [1.82, 2.24) is 15.2 Å². The number of nitrogens with zero attached hydrogens (tertiary/aromatic N) is 1. The topological polar surface area (TPSA) is 36.5 Å².